The number of hydrogen-bond acceptors (Lipinski definition) is 4. The molecule has 1 aromatic heterocycles. The second-order valence-electron chi connectivity index (χ2n) is 9.30. The zero-order valence-electron chi connectivity index (χ0n) is 20.0. The van der Waals surface area contributed by atoms with Crippen LogP contribution < -0.4 is 0 Å². The number of amides is 2. The SMILES string of the molecule is O=C(CCN1CCc2sccc2C1c1ccccc1)N1CCCN(C(=O)c2ccc(Cl)c(Cl)c2)CC1. The van der Waals surface area contributed by atoms with Gasteiger partial charge in [-0.25, -0.2) is 0 Å². The highest BCUT2D eigenvalue weighted by Crippen LogP contribution is 2.37. The highest BCUT2D eigenvalue weighted by atomic mass is 35.5. The van der Waals surface area contributed by atoms with E-state index in [1.807, 2.05) is 22.3 Å². The van der Waals surface area contributed by atoms with Crippen molar-refractivity contribution in [3.05, 3.63) is 91.6 Å². The van der Waals surface area contributed by atoms with Gasteiger partial charge in [0, 0.05) is 56.1 Å². The first kappa shape index (κ1) is 25.3. The van der Waals surface area contributed by atoms with Gasteiger partial charge in [0.2, 0.25) is 5.91 Å². The number of rotatable bonds is 5. The van der Waals surface area contributed by atoms with Gasteiger partial charge in [-0.15, -0.1) is 11.3 Å². The van der Waals surface area contributed by atoms with Gasteiger partial charge in [0.15, 0.2) is 0 Å². The van der Waals surface area contributed by atoms with Crippen molar-refractivity contribution in [1.29, 1.82) is 0 Å². The predicted octanol–water partition coefficient (Wildman–Crippen LogP) is 5.77. The standard InChI is InChI=1S/C28H29Cl2N3O2S/c29-23-8-7-21(19-24(23)30)28(35)33-13-4-12-31(16-17-33)26(34)10-15-32-14-9-25-22(11-18-36-25)27(32)20-5-2-1-3-6-20/h1-3,5-8,11,18-19,27H,4,9-10,12-17H2. The van der Waals surface area contributed by atoms with Crippen LogP contribution in [0.4, 0.5) is 0 Å². The third-order valence-electron chi connectivity index (χ3n) is 7.10. The zero-order valence-corrected chi connectivity index (χ0v) is 22.4. The number of benzene rings is 2. The lowest BCUT2D eigenvalue weighted by atomic mass is 9.93. The summed E-state index contributed by atoms with van der Waals surface area (Å²) >= 11 is 13.9. The Hall–Kier alpha value is -2.38. The van der Waals surface area contributed by atoms with E-state index in [2.05, 4.69) is 40.6 Å². The molecule has 2 aromatic carbocycles. The highest BCUT2D eigenvalue weighted by Gasteiger charge is 2.30. The average molecular weight is 543 g/mol. The van der Waals surface area contributed by atoms with Gasteiger partial charge in [-0.05, 0) is 53.6 Å². The monoisotopic (exact) mass is 541 g/mol. The van der Waals surface area contributed by atoms with Crippen molar-refractivity contribution in [3.63, 3.8) is 0 Å². The van der Waals surface area contributed by atoms with Gasteiger partial charge >= 0.3 is 0 Å². The van der Waals surface area contributed by atoms with E-state index < -0.39 is 0 Å². The molecule has 1 atom stereocenters. The molecule has 36 heavy (non-hydrogen) atoms. The molecule has 0 N–H and O–H groups in total. The zero-order chi connectivity index (χ0) is 25.1. The third kappa shape index (κ3) is 5.47. The van der Waals surface area contributed by atoms with Crippen molar-refractivity contribution >= 4 is 46.4 Å². The van der Waals surface area contributed by atoms with E-state index in [1.54, 1.807) is 23.1 Å². The summed E-state index contributed by atoms with van der Waals surface area (Å²) in [5, 5.41) is 2.98. The minimum absolute atomic E-state index is 0.0755. The van der Waals surface area contributed by atoms with Crippen LogP contribution in [0.15, 0.2) is 60.0 Å². The first-order chi connectivity index (χ1) is 17.5. The lowest BCUT2D eigenvalue weighted by Crippen LogP contribution is -2.40. The van der Waals surface area contributed by atoms with Crippen molar-refractivity contribution in [2.45, 2.75) is 25.3 Å². The molecule has 0 bridgehead atoms. The lowest BCUT2D eigenvalue weighted by molar-refractivity contribution is -0.131. The van der Waals surface area contributed by atoms with E-state index in [0.29, 0.717) is 48.2 Å². The van der Waals surface area contributed by atoms with E-state index >= 15 is 0 Å². The molecule has 5 nitrogen and oxygen atoms in total. The number of carbonyl (C=O) groups excluding carboxylic acids is 2. The number of halogens is 2. The van der Waals surface area contributed by atoms with Gasteiger partial charge in [0.1, 0.15) is 0 Å². The van der Waals surface area contributed by atoms with Crippen molar-refractivity contribution < 1.29 is 9.59 Å². The maximum Gasteiger partial charge on any atom is 0.253 e. The summed E-state index contributed by atoms with van der Waals surface area (Å²) in [6, 6.07) is 18.0. The van der Waals surface area contributed by atoms with Gasteiger partial charge < -0.3 is 9.80 Å². The largest absolute Gasteiger partial charge is 0.341 e. The molecule has 0 saturated carbocycles. The fraction of sp³-hybridized carbons (Fsp3) is 0.357. The van der Waals surface area contributed by atoms with Crippen molar-refractivity contribution in [2.75, 3.05) is 39.3 Å². The molecule has 2 amide bonds. The maximum atomic E-state index is 13.2. The smallest absolute Gasteiger partial charge is 0.253 e. The second-order valence-corrected chi connectivity index (χ2v) is 11.1. The Morgan fingerprint density at radius 1 is 0.889 bits per heavy atom. The molecule has 8 heteroatoms. The van der Waals surface area contributed by atoms with Crippen LogP contribution in [0.1, 0.15) is 45.2 Å². The number of thiophene rings is 1. The number of hydrogen-bond donors (Lipinski definition) is 0. The summed E-state index contributed by atoms with van der Waals surface area (Å²) in [5.74, 6) is 0.0789. The first-order valence-electron chi connectivity index (χ1n) is 12.4. The van der Waals surface area contributed by atoms with Gasteiger partial charge in [0.05, 0.1) is 16.1 Å². The highest BCUT2D eigenvalue weighted by molar-refractivity contribution is 7.10. The quantitative estimate of drug-likeness (QED) is 0.412. The van der Waals surface area contributed by atoms with E-state index in [4.69, 9.17) is 23.2 Å². The number of nitrogens with zero attached hydrogens (tertiary/aromatic N) is 3. The molecule has 0 spiro atoms. The van der Waals surface area contributed by atoms with Crippen molar-refractivity contribution in [2.24, 2.45) is 0 Å². The number of carbonyl (C=O) groups is 2. The maximum absolute atomic E-state index is 13.2. The molecular formula is C28H29Cl2N3O2S. The van der Waals surface area contributed by atoms with Crippen LogP contribution in [0, 0.1) is 0 Å². The molecule has 0 radical (unpaired) electrons. The molecular weight excluding hydrogens is 513 g/mol. The molecule has 1 fully saturated rings. The Balaban J connectivity index is 1.20. The average Bonchev–Trinajstić information content (AvgIpc) is 3.24. The molecule has 3 heterocycles. The normalized spacial score (nSPS) is 18.6. The molecule has 2 aliphatic rings. The topological polar surface area (TPSA) is 43.9 Å². The summed E-state index contributed by atoms with van der Waals surface area (Å²) < 4.78 is 0. The van der Waals surface area contributed by atoms with Gasteiger partial charge in [0.25, 0.3) is 5.91 Å². The summed E-state index contributed by atoms with van der Waals surface area (Å²) in [4.78, 5) is 33.8. The number of fused-ring (bicyclic) bond motifs is 1. The van der Waals surface area contributed by atoms with Gasteiger partial charge in [-0.3, -0.25) is 14.5 Å². The molecule has 5 rings (SSSR count). The molecule has 3 aromatic rings. The molecule has 188 valence electrons. The second kappa shape index (κ2) is 11.3. The predicted molar refractivity (Wildman–Crippen MR) is 146 cm³/mol. The Bertz CT molecular complexity index is 1230. The van der Waals surface area contributed by atoms with E-state index in [0.717, 1.165) is 25.9 Å². The first-order valence-corrected chi connectivity index (χ1v) is 14.0. The van der Waals surface area contributed by atoms with Crippen LogP contribution in [0.5, 0.6) is 0 Å². The Morgan fingerprint density at radius 2 is 1.67 bits per heavy atom. The fourth-order valence-electron chi connectivity index (χ4n) is 5.21. The Morgan fingerprint density at radius 3 is 2.47 bits per heavy atom. The van der Waals surface area contributed by atoms with Crippen molar-refractivity contribution in [1.82, 2.24) is 14.7 Å². The summed E-state index contributed by atoms with van der Waals surface area (Å²) in [6.07, 6.45) is 2.26. The van der Waals surface area contributed by atoms with E-state index in [1.165, 1.54) is 16.0 Å². The summed E-state index contributed by atoms with van der Waals surface area (Å²) in [7, 11) is 0. The minimum Gasteiger partial charge on any atom is -0.341 e. The van der Waals surface area contributed by atoms with Crippen molar-refractivity contribution in [3.8, 4) is 0 Å². The minimum atomic E-state index is -0.0755. The van der Waals surface area contributed by atoms with Gasteiger partial charge in [-0.2, -0.15) is 0 Å². The van der Waals surface area contributed by atoms with E-state index in [9.17, 15) is 9.59 Å². The molecule has 1 saturated heterocycles. The van der Waals surface area contributed by atoms with Crippen LogP contribution in [0.25, 0.3) is 0 Å². The Labute approximate surface area is 226 Å². The van der Waals surface area contributed by atoms with Crippen LogP contribution >= 0.6 is 34.5 Å². The van der Waals surface area contributed by atoms with Crippen LogP contribution in [0.3, 0.4) is 0 Å². The van der Waals surface area contributed by atoms with Crippen LogP contribution in [0.2, 0.25) is 10.0 Å². The molecule has 0 aliphatic carbocycles. The van der Waals surface area contributed by atoms with Crippen LogP contribution in [-0.2, 0) is 11.2 Å². The van der Waals surface area contributed by atoms with Gasteiger partial charge in [-0.1, -0.05) is 53.5 Å². The third-order valence-corrected chi connectivity index (χ3v) is 8.83. The summed E-state index contributed by atoms with van der Waals surface area (Å²) in [6.45, 7) is 4.01. The van der Waals surface area contributed by atoms with Crippen LogP contribution in [-0.4, -0.2) is 65.8 Å². The fourth-order valence-corrected chi connectivity index (χ4v) is 6.42. The Kier molecular flexibility index (Phi) is 7.96. The lowest BCUT2D eigenvalue weighted by Gasteiger charge is -2.36. The molecule has 1 unspecified atom stereocenters. The van der Waals surface area contributed by atoms with E-state index in [-0.39, 0.29) is 17.9 Å². The molecule has 2 aliphatic heterocycles. The summed E-state index contributed by atoms with van der Waals surface area (Å²) in [5.41, 5.74) is 3.17.